The number of nitrogens with zero attached hydrogens (tertiary/aromatic N) is 4. The highest BCUT2D eigenvalue weighted by Crippen LogP contribution is 2.35. The number of rotatable bonds is 10. The minimum absolute atomic E-state index is 0.0193. The number of nitrogens with one attached hydrogen (secondary N) is 1. The second kappa shape index (κ2) is 12.6. The van der Waals surface area contributed by atoms with E-state index < -0.39 is 12.0 Å². The zero-order valence-electron chi connectivity index (χ0n) is 21.6. The van der Waals surface area contributed by atoms with Crippen molar-refractivity contribution in [2.75, 3.05) is 18.0 Å². The van der Waals surface area contributed by atoms with E-state index in [0.29, 0.717) is 59.3 Å². The Balaban J connectivity index is 1.77. The summed E-state index contributed by atoms with van der Waals surface area (Å²) in [6.45, 7) is 8.42. The van der Waals surface area contributed by atoms with E-state index in [-0.39, 0.29) is 17.9 Å². The van der Waals surface area contributed by atoms with E-state index in [9.17, 15) is 20.1 Å². The van der Waals surface area contributed by atoms with Crippen LogP contribution in [0.3, 0.4) is 0 Å². The number of aromatic nitrogens is 1. The molecule has 3 rings (SSSR count). The summed E-state index contributed by atoms with van der Waals surface area (Å²) in [4.78, 5) is 30.0. The summed E-state index contributed by atoms with van der Waals surface area (Å²) >= 11 is 1.44. The van der Waals surface area contributed by atoms with Crippen LogP contribution in [0.25, 0.3) is 0 Å². The summed E-state index contributed by atoms with van der Waals surface area (Å²) in [5.41, 5.74) is 9.41. The Morgan fingerprint density at radius 3 is 2.35 bits per heavy atom. The molecule has 1 amide bonds. The van der Waals surface area contributed by atoms with Crippen LogP contribution >= 0.6 is 11.8 Å². The Labute approximate surface area is 222 Å². The average Bonchev–Trinajstić information content (AvgIpc) is 2.86. The number of thioether (sulfide) groups is 1. The number of pyridine rings is 1. The number of esters is 1. The number of nitrogens with two attached hydrogens (primary N) is 1. The van der Waals surface area contributed by atoms with Crippen LogP contribution in [0, 0.1) is 28.6 Å². The lowest BCUT2D eigenvalue weighted by molar-refractivity contribution is -0.152. The number of hydrogen-bond acceptors (Lipinski definition) is 9. The van der Waals surface area contributed by atoms with Gasteiger partial charge < -0.3 is 20.7 Å². The van der Waals surface area contributed by atoms with E-state index in [1.807, 2.05) is 49.9 Å². The summed E-state index contributed by atoms with van der Waals surface area (Å²) in [5, 5.41) is 23.1. The van der Waals surface area contributed by atoms with Crippen molar-refractivity contribution in [1.29, 1.82) is 10.5 Å². The van der Waals surface area contributed by atoms with Crippen LogP contribution in [0.15, 0.2) is 29.3 Å². The van der Waals surface area contributed by atoms with E-state index in [4.69, 9.17) is 15.5 Å². The van der Waals surface area contributed by atoms with Gasteiger partial charge in [-0.05, 0) is 29.0 Å². The normalized spacial score (nSPS) is 13.9. The van der Waals surface area contributed by atoms with Gasteiger partial charge in [-0.3, -0.25) is 9.59 Å². The topological polar surface area (TPSA) is 145 Å². The lowest BCUT2D eigenvalue weighted by atomic mass is 10.0. The molecular weight excluding hydrogens is 488 g/mol. The molecule has 1 atom stereocenters. The van der Waals surface area contributed by atoms with Crippen molar-refractivity contribution in [2.45, 2.75) is 63.6 Å². The zero-order valence-corrected chi connectivity index (χ0v) is 22.4. The van der Waals surface area contributed by atoms with Gasteiger partial charge in [-0.25, -0.2) is 4.98 Å². The van der Waals surface area contributed by atoms with Crippen molar-refractivity contribution in [3.63, 3.8) is 0 Å². The third-order valence-corrected chi connectivity index (χ3v) is 7.23. The Morgan fingerprint density at radius 1 is 1.19 bits per heavy atom. The molecule has 1 aromatic heterocycles. The summed E-state index contributed by atoms with van der Waals surface area (Å²) < 4.78 is 5.51. The molecule has 1 aliphatic heterocycles. The number of ether oxygens (including phenoxy) is 1. The molecule has 0 radical (unpaired) electrons. The Morgan fingerprint density at radius 2 is 1.81 bits per heavy atom. The quantitative estimate of drug-likeness (QED) is 0.356. The standard InChI is InChI=1S/C27H32N6O3S/c1-5-21-22(10-28)25(33-13-20(14-33)36-27(35)24(30)16(2)3)32-26(23(21)11-29)37-15-19-8-6-18(7-9-19)12-31-17(4)34/h6-9,16,20,24H,5,12-15,30H2,1-4H3,(H,31,34)/t24-/m0/s1. The molecule has 0 bridgehead atoms. The van der Waals surface area contributed by atoms with E-state index >= 15 is 0 Å². The molecule has 0 saturated carbocycles. The van der Waals surface area contributed by atoms with E-state index in [1.54, 1.807) is 0 Å². The molecule has 0 unspecified atom stereocenters. The van der Waals surface area contributed by atoms with Crippen molar-refractivity contribution in [2.24, 2.45) is 11.7 Å². The van der Waals surface area contributed by atoms with Crippen molar-refractivity contribution >= 4 is 29.5 Å². The molecule has 0 aliphatic carbocycles. The Kier molecular flexibility index (Phi) is 9.51. The summed E-state index contributed by atoms with van der Waals surface area (Å²) in [6.07, 6.45) is 0.195. The minimum Gasteiger partial charge on any atom is -0.457 e. The zero-order chi connectivity index (χ0) is 27.1. The molecule has 10 heteroatoms. The summed E-state index contributed by atoms with van der Waals surface area (Å²) in [6, 6.07) is 11.7. The van der Waals surface area contributed by atoms with Gasteiger partial charge in [0.2, 0.25) is 5.91 Å². The molecule has 1 aromatic carbocycles. The number of nitriles is 2. The Bertz CT molecular complexity index is 1230. The molecule has 9 nitrogen and oxygen atoms in total. The molecule has 1 aliphatic rings. The van der Waals surface area contributed by atoms with Crippen LogP contribution in [-0.4, -0.2) is 42.1 Å². The molecule has 1 fully saturated rings. The third kappa shape index (κ3) is 6.79. The number of benzene rings is 1. The van der Waals surface area contributed by atoms with Crippen LogP contribution in [0.5, 0.6) is 0 Å². The molecule has 0 spiro atoms. The van der Waals surface area contributed by atoms with Crippen molar-refractivity contribution in [3.05, 3.63) is 52.1 Å². The fraction of sp³-hybridized carbons (Fsp3) is 0.444. The first-order chi connectivity index (χ1) is 17.7. The van der Waals surface area contributed by atoms with E-state index in [2.05, 4.69) is 17.5 Å². The second-order valence-electron chi connectivity index (χ2n) is 9.29. The number of hydrogen-bond donors (Lipinski definition) is 2. The number of amides is 1. The van der Waals surface area contributed by atoms with Crippen LogP contribution in [0.4, 0.5) is 5.82 Å². The third-order valence-electron chi connectivity index (χ3n) is 6.19. The molecule has 3 N–H and O–H groups in total. The SMILES string of the molecule is CCc1c(C#N)c(SCc2ccc(CNC(C)=O)cc2)nc(N2CC(OC(=O)[C@@H](N)C(C)C)C2)c1C#N. The molecule has 1 saturated heterocycles. The number of anilines is 1. The fourth-order valence-corrected chi connectivity index (χ4v) is 4.81. The predicted molar refractivity (Wildman–Crippen MR) is 141 cm³/mol. The van der Waals surface area contributed by atoms with Crippen LogP contribution in [-0.2, 0) is 33.0 Å². The predicted octanol–water partition coefficient (Wildman–Crippen LogP) is 3.03. The van der Waals surface area contributed by atoms with Crippen molar-refractivity contribution in [1.82, 2.24) is 10.3 Å². The van der Waals surface area contributed by atoms with Crippen LogP contribution < -0.4 is 16.0 Å². The van der Waals surface area contributed by atoms with Gasteiger partial charge in [0.05, 0.1) is 24.2 Å². The highest BCUT2D eigenvalue weighted by atomic mass is 32.2. The number of carbonyl (C=O) groups is 2. The lowest BCUT2D eigenvalue weighted by Crippen LogP contribution is -2.55. The molecule has 194 valence electrons. The molecular formula is C27H32N6O3S. The van der Waals surface area contributed by atoms with Gasteiger partial charge in [0.1, 0.15) is 35.1 Å². The summed E-state index contributed by atoms with van der Waals surface area (Å²) in [7, 11) is 0. The van der Waals surface area contributed by atoms with E-state index in [0.717, 1.165) is 11.1 Å². The molecule has 2 heterocycles. The first kappa shape index (κ1) is 28.0. The highest BCUT2D eigenvalue weighted by Gasteiger charge is 2.35. The summed E-state index contributed by atoms with van der Waals surface area (Å²) in [5.74, 6) is 0.566. The first-order valence-electron chi connectivity index (χ1n) is 12.2. The van der Waals surface area contributed by atoms with E-state index in [1.165, 1.54) is 18.7 Å². The first-order valence-corrected chi connectivity index (χ1v) is 13.2. The molecule has 37 heavy (non-hydrogen) atoms. The largest absolute Gasteiger partial charge is 0.457 e. The highest BCUT2D eigenvalue weighted by molar-refractivity contribution is 7.98. The maximum absolute atomic E-state index is 12.2. The smallest absolute Gasteiger partial charge is 0.323 e. The van der Waals surface area contributed by atoms with Crippen LogP contribution in [0.2, 0.25) is 0 Å². The fourth-order valence-electron chi connectivity index (χ4n) is 3.85. The van der Waals surface area contributed by atoms with Gasteiger partial charge in [-0.1, -0.05) is 45.0 Å². The van der Waals surface area contributed by atoms with Crippen molar-refractivity contribution in [3.8, 4) is 12.1 Å². The van der Waals surface area contributed by atoms with Crippen molar-refractivity contribution < 1.29 is 14.3 Å². The van der Waals surface area contributed by atoms with Gasteiger partial charge in [0.25, 0.3) is 0 Å². The van der Waals surface area contributed by atoms with Gasteiger partial charge in [-0.15, -0.1) is 11.8 Å². The van der Waals surface area contributed by atoms with Gasteiger partial charge in [0.15, 0.2) is 0 Å². The number of carbonyl (C=O) groups excluding carboxylic acids is 2. The average molecular weight is 521 g/mol. The second-order valence-corrected chi connectivity index (χ2v) is 10.3. The monoisotopic (exact) mass is 520 g/mol. The minimum atomic E-state index is -0.675. The van der Waals surface area contributed by atoms with Gasteiger partial charge >= 0.3 is 5.97 Å². The molecule has 2 aromatic rings. The van der Waals surface area contributed by atoms with Gasteiger partial charge in [0, 0.05) is 19.2 Å². The lowest BCUT2D eigenvalue weighted by Gasteiger charge is -2.40. The van der Waals surface area contributed by atoms with Gasteiger partial charge in [-0.2, -0.15) is 10.5 Å². The van der Waals surface area contributed by atoms with Crippen LogP contribution in [0.1, 0.15) is 55.5 Å². The maximum atomic E-state index is 12.2. The maximum Gasteiger partial charge on any atom is 0.323 e. The Hall–Kier alpha value is -3.60.